The third kappa shape index (κ3) is 3.57. The molecular formula is C18H32N6. The minimum Gasteiger partial charge on any atom is -0.357 e. The molecule has 2 aliphatic heterocycles. The summed E-state index contributed by atoms with van der Waals surface area (Å²) in [5, 5.41) is 12.0. The second-order valence-corrected chi connectivity index (χ2v) is 7.71. The van der Waals surface area contributed by atoms with E-state index in [0.29, 0.717) is 11.3 Å². The highest BCUT2D eigenvalue weighted by molar-refractivity contribution is 5.80. The van der Waals surface area contributed by atoms with Crippen LogP contribution in [0.25, 0.3) is 0 Å². The number of rotatable bonds is 4. The van der Waals surface area contributed by atoms with Crippen molar-refractivity contribution in [2.24, 2.45) is 16.3 Å². The van der Waals surface area contributed by atoms with E-state index in [9.17, 15) is 0 Å². The van der Waals surface area contributed by atoms with Crippen molar-refractivity contribution in [3.05, 3.63) is 11.6 Å². The van der Waals surface area contributed by atoms with Gasteiger partial charge in [-0.15, -0.1) is 10.2 Å². The Balaban J connectivity index is 1.64. The van der Waals surface area contributed by atoms with Crippen LogP contribution < -0.4 is 5.32 Å². The van der Waals surface area contributed by atoms with Crippen LogP contribution in [0.5, 0.6) is 0 Å². The Hall–Kier alpha value is -1.59. The summed E-state index contributed by atoms with van der Waals surface area (Å²) in [7, 11) is 0. The molecule has 0 amide bonds. The van der Waals surface area contributed by atoms with E-state index >= 15 is 0 Å². The number of fused-ring (bicyclic) bond motifs is 1. The molecule has 1 N–H and O–H groups in total. The molecule has 1 fully saturated rings. The molecule has 2 aliphatic rings. The van der Waals surface area contributed by atoms with E-state index in [4.69, 9.17) is 4.99 Å². The second-order valence-electron chi connectivity index (χ2n) is 7.71. The van der Waals surface area contributed by atoms with Crippen LogP contribution in [0.3, 0.4) is 0 Å². The van der Waals surface area contributed by atoms with Gasteiger partial charge in [-0.05, 0) is 44.4 Å². The van der Waals surface area contributed by atoms with Gasteiger partial charge >= 0.3 is 0 Å². The molecule has 0 aliphatic carbocycles. The molecule has 24 heavy (non-hydrogen) atoms. The smallest absolute Gasteiger partial charge is 0.193 e. The van der Waals surface area contributed by atoms with Crippen LogP contribution >= 0.6 is 0 Å². The Morgan fingerprint density at radius 2 is 2.21 bits per heavy atom. The van der Waals surface area contributed by atoms with Crippen molar-refractivity contribution in [2.75, 3.05) is 26.2 Å². The molecule has 0 bridgehead atoms. The van der Waals surface area contributed by atoms with Crippen LogP contribution in [0.15, 0.2) is 4.99 Å². The zero-order chi connectivity index (χ0) is 17.2. The van der Waals surface area contributed by atoms with E-state index in [1.165, 1.54) is 12.8 Å². The number of likely N-dealkylation sites (tertiary alicyclic amines) is 1. The van der Waals surface area contributed by atoms with Gasteiger partial charge in [0.2, 0.25) is 0 Å². The third-order valence-corrected chi connectivity index (χ3v) is 5.77. The Bertz CT molecular complexity index is 592. The fourth-order valence-corrected chi connectivity index (χ4v) is 3.81. The van der Waals surface area contributed by atoms with E-state index in [-0.39, 0.29) is 0 Å². The Morgan fingerprint density at radius 1 is 1.38 bits per heavy atom. The van der Waals surface area contributed by atoms with Crippen molar-refractivity contribution in [3.8, 4) is 0 Å². The maximum absolute atomic E-state index is 4.98. The Kier molecular flexibility index (Phi) is 5.11. The molecule has 3 heterocycles. The number of hydrogen-bond donors (Lipinski definition) is 1. The van der Waals surface area contributed by atoms with Crippen LogP contribution in [0, 0.1) is 18.3 Å². The summed E-state index contributed by atoms with van der Waals surface area (Å²) >= 11 is 0. The SMILES string of the molecule is CCNC(=NCC1CCc2nnc(C)n2C1)N1CCC(C)(CC)C1. The van der Waals surface area contributed by atoms with Gasteiger partial charge in [-0.2, -0.15) is 0 Å². The zero-order valence-corrected chi connectivity index (χ0v) is 15.7. The van der Waals surface area contributed by atoms with Gasteiger partial charge in [0.15, 0.2) is 5.96 Å². The van der Waals surface area contributed by atoms with Gasteiger partial charge in [0, 0.05) is 39.1 Å². The largest absolute Gasteiger partial charge is 0.357 e. The molecule has 1 saturated heterocycles. The molecule has 0 aromatic carbocycles. The normalized spacial score (nSPS) is 27.4. The lowest BCUT2D eigenvalue weighted by Crippen LogP contribution is -2.41. The van der Waals surface area contributed by atoms with Crippen LogP contribution in [0.1, 0.15) is 51.7 Å². The maximum Gasteiger partial charge on any atom is 0.193 e. The van der Waals surface area contributed by atoms with Crippen LogP contribution in [0.4, 0.5) is 0 Å². The fraction of sp³-hybridized carbons (Fsp3) is 0.833. The number of aliphatic imine (C=N–C) groups is 1. The Labute approximate surface area is 145 Å². The first-order valence-electron chi connectivity index (χ1n) is 9.46. The molecule has 2 unspecified atom stereocenters. The van der Waals surface area contributed by atoms with E-state index in [1.54, 1.807) is 0 Å². The van der Waals surface area contributed by atoms with Crippen molar-refractivity contribution < 1.29 is 0 Å². The fourth-order valence-electron chi connectivity index (χ4n) is 3.81. The lowest BCUT2D eigenvalue weighted by atomic mass is 9.87. The quantitative estimate of drug-likeness (QED) is 0.678. The summed E-state index contributed by atoms with van der Waals surface area (Å²) in [6.45, 7) is 14.0. The number of hydrogen-bond acceptors (Lipinski definition) is 3. The standard InChI is InChI=1S/C18H32N6/c1-5-18(4)9-10-23(13-18)17(19-6-2)20-11-15-7-8-16-22-21-14(3)24(16)12-15/h15H,5-13H2,1-4H3,(H,19,20). The topological polar surface area (TPSA) is 58.3 Å². The average Bonchev–Trinajstić information content (AvgIpc) is 3.16. The Morgan fingerprint density at radius 3 is 2.92 bits per heavy atom. The van der Waals surface area contributed by atoms with Crippen LogP contribution in [-0.4, -0.2) is 51.8 Å². The van der Waals surface area contributed by atoms with E-state index in [0.717, 1.165) is 63.2 Å². The monoisotopic (exact) mass is 332 g/mol. The number of guanidine groups is 1. The van der Waals surface area contributed by atoms with Gasteiger partial charge in [0.25, 0.3) is 0 Å². The van der Waals surface area contributed by atoms with Gasteiger partial charge in [0.1, 0.15) is 11.6 Å². The molecule has 3 rings (SSSR count). The summed E-state index contributed by atoms with van der Waals surface area (Å²) in [6, 6.07) is 0. The number of aryl methyl sites for hydroxylation is 2. The van der Waals surface area contributed by atoms with Crippen molar-refractivity contribution in [1.82, 2.24) is 25.0 Å². The first kappa shape index (κ1) is 17.2. The number of aromatic nitrogens is 3. The highest BCUT2D eigenvalue weighted by Crippen LogP contribution is 2.33. The average molecular weight is 332 g/mol. The molecule has 0 saturated carbocycles. The van der Waals surface area contributed by atoms with E-state index in [2.05, 4.69) is 45.8 Å². The van der Waals surface area contributed by atoms with Crippen molar-refractivity contribution in [1.29, 1.82) is 0 Å². The van der Waals surface area contributed by atoms with Gasteiger partial charge in [-0.25, -0.2) is 0 Å². The van der Waals surface area contributed by atoms with Gasteiger partial charge in [-0.1, -0.05) is 13.8 Å². The second kappa shape index (κ2) is 7.11. The molecule has 0 spiro atoms. The first-order chi connectivity index (χ1) is 11.5. The number of nitrogens with zero attached hydrogens (tertiary/aromatic N) is 5. The summed E-state index contributed by atoms with van der Waals surface area (Å²) in [5.41, 5.74) is 0.440. The molecule has 134 valence electrons. The highest BCUT2D eigenvalue weighted by atomic mass is 15.3. The molecule has 1 aromatic heterocycles. The summed E-state index contributed by atoms with van der Waals surface area (Å²) in [5.74, 6) is 3.85. The summed E-state index contributed by atoms with van der Waals surface area (Å²) < 4.78 is 2.26. The molecule has 0 radical (unpaired) electrons. The third-order valence-electron chi connectivity index (χ3n) is 5.77. The number of nitrogens with one attached hydrogen (secondary N) is 1. The van der Waals surface area contributed by atoms with Gasteiger partial charge < -0.3 is 14.8 Å². The molecule has 6 heteroatoms. The van der Waals surface area contributed by atoms with Crippen molar-refractivity contribution in [3.63, 3.8) is 0 Å². The molecular weight excluding hydrogens is 300 g/mol. The molecule has 6 nitrogen and oxygen atoms in total. The molecule has 1 aromatic rings. The lowest BCUT2D eigenvalue weighted by Gasteiger charge is -2.27. The van der Waals surface area contributed by atoms with Crippen molar-refractivity contribution in [2.45, 2.75) is 59.9 Å². The summed E-state index contributed by atoms with van der Waals surface area (Å²) in [6.07, 6.45) is 4.69. The van der Waals surface area contributed by atoms with Crippen LogP contribution in [-0.2, 0) is 13.0 Å². The minimum absolute atomic E-state index is 0.440. The van der Waals surface area contributed by atoms with Gasteiger partial charge in [-0.3, -0.25) is 4.99 Å². The summed E-state index contributed by atoms with van der Waals surface area (Å²) in [4.78, 5) is 7.43. The van der Waals surface area contributed by atoms with Crippen LogP contribution in [0.2, 0.25) is 0 Å². The zero-order valence-electron chi connectivity index (χ0n) is 15.7. The van der Waals surface area contributed by atoms with E-state index in [1.807, 2.05) is 6.92 Å². The van der Waals surface area contributed by atoms with Gasteiger partial charge in [0.05, 0.1) is 0 Å². The lowest BCUT2D eigenvalue weighted by molar-refractivity contribution is 0.320. The maximum atomic E-state index is 4.98. The predicted octanol–water partition coefficient (Wildman–Crippen LogP) is 2.24. The minimum atomic E-state index is 0.440. The highest BCUT2D eigenvalue weighted by Gasteiger charge is 2.33. The van der Waals surface area contributed by atoms with Crippen molar-refractivity contribution >= 4 is 5.96 Å². The van der Waals surface area contributed by atoms with E-state index < -0.39 is 0 Å². The molecule has 2 atom stereocenters. The first-order valence-corrected chi connectivity index (χ1v) is 9.46. The predicted molar refractivity (Wildman–Crippen MR) is 97.1 cm³/mol.